The van der Waals surface area contributed by atoms with E-state index in [1.54, 1.807) is 14.0 Å². The zero-order valence-corrected chi connectivity index (χ0v) is 25.2. The number of ketones is 1. The van der Waals surface area contributed by atoms with Crippen molar-refractivity contribution in [3.05, 3.63) is 11.6 Å². The van der Waals surface area contributed by atoms with Crippen molar-refractivity contribution in [1.29, 1.82) is 0 Å². The summed E-state index contributed by atoms with van der Waals surface area (Å²) in [4.78, 5) is 51.0. The number of urea groups is 1. The van der Waals surface area contributed by atoms with Crippen LogP contribution in [0.4, 0.5) is 4.79 Å². The van der Waals surface area contributed by atoms with E-state index in [0.29, 0.717) is 32.4 Å². The molecule has 41 heavy (non-hydrogen) atoms. The Morgan fingerprint density at radius 2 is 1.90 bits per heavy atom. The van der Waals surface area contributed by atoms with E-state index in [-0.39, 0.29) is 79.1 Å². The Kier molecular flexibility index (Phi) is 10.1. The molecule has 4 fully saturated rings. The summed E-state index contributed by atoms with van der Waals surface area (Å²) < 4.78 is 23.6. The van der Waals surface area contributed by atoms with Crippen LogP contribution in [-0.4, -0.2) is 97.5 Å². The number of likely N-dealkylation sites (tertiary alicyclic amines) is 1. The number of methoxy groups -OCH3 is 1. The van der Waals surface area contributed by atoms with Gasteiger partial charge in [0.05, 0.1) is 37.0 Å². The first-order chi connectivity index (χ1) is 19.5. The van der Waals surface area contributed by atoms with Gasteiger partial charge in [0, 0.05) is 38.8 Å². The van der Waals surface area contributed by atoms with Crippen molar-refractivity contribution in [3.63, 3.8) is 0 Å². The second-order valence-corrected chi connectivity index (χ2v) is 12.2. The number of Topliss-reactive ketones (excluding diaryl/α,β-unsaturated/α-hetero) is 1. The fourth-order valence-electron chi connectivity index (χ4n) is 6.65. The van der Waals surface area contributed by atoms with Crippen LogP contribution in [0.5, 0.6) is 0 Å². The van der Waals surface area contributed by atoms with Crippen molar-refractivity contribution in [2.45, 2.75) is 115 Å². The molecule has 4 aliphatic rings. The molecule has 3 amide bonds. The minimum atomic E-state index is -0.641. The van der Waals surface area contributed by atoms with E-state index >= 15 is 0 Å². The molecule has 1 aliphatic carbocycles. The molecule has 11 nitrogen and oxygen atoms in total. The van der Waals surface area contributed by atoms with Crippen molar-refractivity contribution in [3.8, 4) is 0 Å². The van der Waals surface area contributed by atoms with Crippen LogP contribution in [0.15, 0.2) is 11.6 Å². The van der Waals surface area contributed by atoms with Crippen molar-refractivity contribution in [2.75, 3.05) is 33.4 Å². The van der Waals surface area contributed by atoms with Crippen LogP contribution in [0.25, 0.3) is 0 Å². The molecule has 0 aromatic rings. The van der Waals surface area contributed by atoms with Crippen LogP contribution in [0.1, 0.15) is 79.1 Å². The molecule has 1 saturated carbocycles. The Balaban J connectivity index is 1.23. The van der Waals surface area contributed by atoms with Crippen molar-refractivity contribution < 1.29 is 38.1 Å². The van der Waals surface area contributed by atoms with Crippen LogP contribution in [0.3, 0.4) is 0 Å². The monoisotopic (exact) mass is 577 g/mol. The number of hydrogen-bond acceptors (Lipinski definition) is 8. The van der Waals surface area contributed by atoms with E-state index in [1.165, 1.54) is 10.5 Å². The van der Waals surface area contributed by atoms with Crippen molar-refractivity contribution in [2.24, 2.45) is 5.92 Å². The first-order valence-corrected chi connectivity index (χ1v) is 15.0. The molecule has 7 atom stereocenters. The minimum Gasteiger partial charge on any atom is -0.462 e. The van der Waals surface area contributed by atoms with Crippen LogP contribution < -0.4 is 10.6 Å². The highest BCUT2D eigenvalue weighted by Crippen LogP contribution is 2.59. The quantitative estimate of drug-likeness (QED) is 0.147. The number of ether oxygens (including phenoxy) is 4. The highest BCUT2D eigenvalue weighted by molar-refractivity contribution is 5.88. The van der Waals surface area contributed by atoms with Gasteiger partial charge in [0.1, 0.15) is 24.0 Å². The van der Waals surface area contributed by atoms with Gasteiger partial charge < -0.3 is 34.5 Å². The summed E-state index contributed by atoms with van der Waals surface area (Å²) in [6.45, 7) is 9.33. The molecule has 230 valence electrons. The fraction of sp³-hybridized carbons (Fsp3) is 0.800. The highest BCUT2D eigenvalue weighted by atomic mass is 16.6. The average molecular weight is 578 g/mol. The lowest BCUT2D eigenvalue weighted by Crippen LogP contribution is -2.60. The lowest BCUT2D eigenvalue weighted by molar-refractivity contribution is -0.153. The van der Waals surface area contributed by atoms with Gasteiger partial charge in [0.15, 0.2) is 0 Å². The molecule has 0 aromatic carbocycles. The van der Waals surface area contributed by atoms with E-state index in [1.807, 2.05) is 0 Å². The first-order valence-electron chi connectivity index (χ1n) is 15.0. The normalized spacial score (nSPS) is 33.7. The Hall–Kier alpha value is -2.50. The molecule has 2 N–H and O–H groups in total. The van der Waals surface area contributed by atoms with Crippen LogP contribution in [-0.2, 0) is 33.3 Å². The number of rotatable bonds is 13. The zero-order chi connectivity index (χ0) is 29.8. The number of allylic oxidation sites excluding steroid dienone is 1. The van der Waals surface area contributed by atoms with Gasteiger partial charge in [-0.1, -0.05) is 18.6 Å². The lowest BCUT2D eigenvalue weighted by Gasteiger charge is -2.43. The third-order valence-corrected chi connectivity index (χ3v) is 9.10. The molecule has 11 heteroatoms. The number of nitrogens with one attached hydrogen (secondary N) is 2. The Morgan fingerprint density at radius 1 is 1.15 bits per heavy atom. The second-order valence-electron chi connectivity index (χ2n) is 12.2. The molecule has 3 heterocycles. The number of carbonyl (C=O) groups is 4. The minimum absolute atomic E-state index is 0.00495. The Labute approximate surface area is 243 Å². The van der Waals surface area contributed by atoms with Crippen LogP contribution in [0, 0.1) is 5.92 Å². The molecule has 0 aromatic heterocycles. The van der Waals surface area contributed by atoms with Crippen molar-refractivity contribution in [1.82, 2.24) is 15.5 Å². The number of hydrogen-bond donors (Lipinski definition) is 2. The fourth-order valence-corrected chi connectivity index (χ4v) is 6.65. The molecular formula is C30H47N3O8. The summed E-state index contributed by atoms with van der Waals surface area (Å²) in [5.74, 6) is -0.660. The number of nitrogens with zero attached hydrogens (tertiary/aromatic N) is 1. The highest BCUT2D eigenvalue weighted by Gasteiger charge is 2.71. The molecule has 0 radical (unpaired) electrons. The standard InChI is InChI=1S/C30H47N3O8/c1-6-20(34)10-12-24(35)33-16-7-8-22(33)27(36)39-17-15-31-28(37)32-21-13-14-30(18-40-30)26(25(21)38-5)29(4)23(41-29)11-9-19(2)3/h9,21-23,25-26H,6-8,10-18H2,1-5H3,(H2,31,32,37)/t21-,22+,23-,25-,26-,29?,30+/m1/s1. The number of amides is 3. The van der Waals surface area contributed by atoms with E-state index in [2.05, 4.69) is 37.5 Å². The third-order valence-electron chi connectivity index (χ3n) is 9.10. The second kappa shape index (κ2) is 13.2. The van der Waals surface area contributed by atoms with Gasteiger partial charge >= 0.3 is 12.0 Å². The molecule has 4 rings (SSSR count). The van der Waals surface area contributed by atoms with Gasteiger partial charge in [0.25, 0.3) is 0 Å². The first kappa shape index (κ1) is 31.4. The van der Waals surface area contributed by atoms with E-state index in [4.69, 9.17) is 18.9 Å². The topological polar surface area (TPSA) is 139 Å². The van der Waals surface area contributed by atoms with E-state index in [9.17, 15) is 19.2 Å². The summed E-state index contributed by atoms with van der Waals surface area (Å²) in [6.07, 6.45) is 6.33. The molecule has 3 saturated heterocycles. The van der Waals surface area contributed by atoms with Gasteiger partial charge in [-0.3, -0.25) is 9.59 Å². The third kappa shape index (κ3) is 7.29. The van der Waals surface area contributed by atoms with Gasteiger partial charge in [-0.2, -0.15) is 0 Å². The van der Waals surface area contributed by atoms with Gasteiger partial charge in [-0.05, 0) is 52.9 Å². The van der Waals surface area contributed by atoms with E-state index in [0.717, 1.165) is 19.3 Å². The van der Waals surface area contributed by atoms with Gasteiger partial charge in [0.2, 0.25) is 5.91 Å². The molecule has 0 bridgehead atoms. The van der Waals surface area contributed by atoms with E-state index < -0.39 is 12.0 Å². The van der Waals surface area contributed by atoms with Crippen LogP contribution >= 0.6 is 0 Å². The van der Waals surface area contributed by atoms with Crippen molar-refractivity contribution >= 4 is 23.7 Å². The molecule has 1 unspecified atom stereocenters. The predicted molar refractivity (Wildman–Crippen MR) is 150 cm³/mol. The summed E-state index contributed by atoms with van der Waals surface area (Å²) in [7, 11) is 1.67. The number of esters is 1. The molecular weight excluding hydrogens is 530 g/mol. The van der Waals surface area contributed by atoms with Gasteiger partial charge in [-0.15, -0.1) is 0 Å². The smallest absolute Gasteiger partial charge is 0.328 e. The zero-order valence-electron chi connectivity index (χ0n) is 25.2. The maximum atomic E-state index is 12.8. The Morgan fingerprint density at radius 3 is 2.56 bits per heavy atom. The maximum absolute atomic E-state index is 12.8. The summed E-state index contributed by atoms with van der Waals surface area (Å²) in [5.41, 5.74) is 0.608. The largest absolute Gasteiger partial charge is 0.462 e. The summed E-state index contributed by atoms with van der Waals surface area (Å²) >= 11 is 0. The lowest BCUT2D eigenvalue weighted by atomic mass is 9.67. The predicted octanol–water partition coefficient (Wildman–Crippen LogP) is 2.66. The molecule has 3 aliphatic heterocycles. The number of epoxide rings is 2. The maximum Gasteiger partial charge on any atom is 0.328 e. The molecule has 1 spiro atoms. The summed E-state index contributed by atoms with van der Waals surface area (Å²) in [6, 6.07) is -1.22. The summed E-state index contributed by atoms with van der Waals surface area (Å²) in [5, 5.41) is 5.82. The Bertz CT molecular complexity index is 1020. The van der Waals surface area contributed by atoms with Crippen LogP contribution in [0.2, 0.25) is 0 Å². The number of carbonyl (C=O) groups excluding carboxylic acids is 4. The average Bonchev–Trinajstić information content (AvgIpc) is 3.80. The van der Waals surface area contributed by atoms with Gasteiger partial charge in [-0.25, -0.2) is 9.59 Å². The SMILES string of the molecule is CCC(=O)CCC(=O)N1CCC[C@H]1C(=O)OCCNC(=O)N[C@@H]1CC[C@]2(CO2)[C@@H](C2(C)O[C@@H]2CC=C(C)C)[C@@H]1OC.